The van der Waals surface area contributed by atoms with E-state index in [0.29, 0.717) is 17.6 Å². The Labute approximate surface area is 132 Å². The van der Waals surface area contributed by atoms with E-state index in [2.05, 4.69) is 20.4 Å². The molecule has 1 amide bonds. The number of hydrogen-bond donors (Lipinski definition) is 3. The van der Waals surface area contributed by atoms with Gasteiger partial charge in [0.15, 0.2) is 0 Å². The van der Waals surface area contributed by atoms with E-state index in [1.54, 1.807) is 29.3 Å². The first kappa shape index (κ1) is 14.0. The van der Waals surface area contributed by atoms with Gasteiger partial charge in [0.2, 0.25) is 0 Å². The minimum absolute atomic E-state index is 0.140. The van der Waals surface area contributed by atoms with Crippen LogP contribution in [0, 0.1) is 6.92 Å². The lowest BCUT2D eigenvalue weighted by Gasteiger charge is -2.41. The van der Waals surface area contributed by atoms with E-state index in [1.165, 1.54) is 0 Å². The fourth-order valence-electron chi connectivity index (χ4n) is 3.10. The highest BCUT2D eigenvalue weighted by Gasteiger charge is 2.43. The molecule has 0 radical (unpaired) electrons. The first-order chi connectivity index (χ1) is 11.1. The Hall–Kier alpha value is -2.67. The highest BCUT2D eigenvalue weighted by molar-refractivity contribution is 6.06. The Bertz CT molecular complexity index is 868. The zero-order valence-electron chi connectivity index (χ0n) is 12.6. The molecule has 4 rings (SSSR count). The molecule has 3 heterocycles. The number of nitrogens with zero attached hydrogens (tertiary/aromatic N) is 3. The Morgan fingerprint density at radius 3 is 3.13 bits per heavy atom. The molecule has 0 saturated heterocycles. The number of aryl methyl sites for hydroxylation is 1. The lowest BCUT2D eigenvalue weighted by atomic mass is 9.83. The predicted octanol–water partition coefficient (Wildman–Crippen LogP) is 1.17. The number of aromatic amines is 1. The highest BCUT2D eigenvalue weighted by Crippen LogP contribution is 2.33. The number of carbonyl (C=O) groups is 1. The summed E-state index contributed by atoms with van der Waals surface area (Å²) in [5.74, 6) is -0.171. The number of carbonyl (C=O) groups excluding carboxylic acids is 1. The zero-order valence-corrected chi connectivity index (χ0v) is 12.6. The van der Waals surface area contributed by atoms with E-state index >= 15 is 0 Å². The summed E-state index contributed by atoms with van der Waals surface area (Å²) in [6.45, 7) is 1.95. The van der Waals surface area contributed by atoms with Gasteiger partial charge in [-0.15, -0.1) is 0 Å². The summed E-state index contributed by atoms with van der Waals surface area (Å²) in [5, 5.41) is 18.1. The molecule has 3 aromatic rings. The standard InChI is InChI=1S/C16H17N5O2/c1-9-6-19-21(8-9)14-12(5-13(14)22)20-16(23)11-7-18-15-10(11)3-2-4-17-15/h2-4,6-8,12-14,22H,5H2,1H3,(H,17,18)(H,20,23)/t12-,13+,14+/m0/s1. The van der Waals surface area contributed by atoms with Crippen LogP contribution in [-0.2, 0) is 0 Å². The van der Waals surface area contributed by atoms with E-state index in [0.717, 1.165) is 10.9 Å². The molecule has 1 saturated carbocycles. The molecule has 3 aromatic heterocycles. The molecule has 0 unspecified atom stereocenters. The van der Waals surface area contributed by atoms with E-state index in [4.69, 9.17) is 0 Å². The van der Waals surface area contributed by atoms with Crippen LogP contribution in [0.1, 0.15) is 28.4 Å². The van der Waals surface area contributed by atoms with Gasteiger partial charge in [-0.1, -0.05) is 0 Å². The Morgan fingerprint density at radius 1 is 1.52 bits per heavy atom. The van der Waals surface area contributed by atoms with Crippen molar-refractivity contribution >= 4 is 16.9 Å². The molecule has 0 aromatic carbocycles. The molecule has 1 aliphatic carbocycles. The number of amides is 1. The van der Waals surface area contributed by atoms with Gasteiger partial charge in [-0.05, 0) is 31.0 Å². The van der Waals surface area contributed by atoms with Gasteiger partial charge in [-0.25, -0.2) is 4.98 Å². The molecule has 7 nitrogen and oxygen atoms in total. The van der Waals surface area contributed by atoms with E-state index in [9.17, 15) is 9.90 Å². The Balaban J connectivity index is 1.55. The fraction of sp³-hybridized carbons (Fsp3) is 0.312. The van der Waals surface area contributed by atoms with Crippen molar-refractivity contribution in [2.45, 2.75) is 31.5 Å². The lowest BCUT2D eigenvalue weighted by Crippen LogP contribution is -2.56. The Kier molecular flexibility index (Phi) is 3.16. The molecule has 0 spiro atoms. The van der Waals surface area contributed by atoms with Crippen molar-refractivity contribution < 1.29 is 9.90 Å². The van der Waals surface area contributed by atoms with Crippen molar-refractivity contribution in [2.75, 3.05) is 0 Å². The van der Waals surface area contributed by atoms with E-state index < -0.39 is 6.10 Å². The SMILES string of the molecule is Cc1cnn([C@H]2[C@H](O)C[C@@H]2NC(=O)c2c[nH]c3ncccc23)c1. The van der Waals surface area contributed by atoms with Gasteiger partial charge in [-0.3, -0.25) is 9.48 Å². The van der Waals surface area contributed by atoms with Gasteiger partial charge in [-0.2, -0.15) is 5.10 Å². The van der Waals surface area contributed by atoms with Gasteiger partial charge >= 0.3 is 0 Å². The van der Waals surface area contributed by atoms with Crippen LogP contribution in [-0.4, -0.2) is 42.9 Å². The van der Waals surface area contributed by atoms with E-state index in [1.807, 2.05) is 19.2 Å². The number of H-pyrrole nitrogens is 1. The van der Waals surface area contributed by atoms with Crippen LogP contribution in [0.4, 0.5) is 0 Å². The summed E-state index contributed by atoms with van der Waals surface area (Å²) < 4.78 is 1.73. The minimum atomic E-state index is -0.496. The van der Waals surface area contributed by atoms with Gasteiger partial charge in [0.25, 0.3) is 5.91 Å². The summed E-state index contributed by atoms with van der Waals surface area (Å²) in [6, 6.07) is 3.29. The van der Waals surface area contributed by atoms with Crippen LogP contribution in [0.15, 0.2) is 36.9 Å². The van der Waals surface area contributed by atoms with Crippen LogP contribution in [0.3, 0.4) is 0 Å². The number of aliphatic hydroxyl groups excluding tert-OH is 1. The maximum Gasteiger partial charge on any atom is 0.253 e. The van der Waals surface area contributed by atoms with Gasteiger partial charge in [0, 0.05) is 24.0 Å². The smallest absolute Gasteiger partial charge is 0.253 e. The summed E-state index contributed by atoms with van der Waals surface area (Å²) in [7, 11) is 0. The largest absolute Gasteiger partial charge is 0.391 e. The molecule has 1 fully saturated rings. The van der Waals surface area contributed by atoms with Crippen molar-refractivity contribution in [2.24, 2.45) is 0 Å². The number of nitrogens with one attached hydrogen (secondary N) is 2. The van der Waals surface area contributed by atoms with E-state index in [-0.39, 0.29) is 18.0 Å². The summed E-state index contributed by atoms with van der Waals surface area (Å²) in [4.78, 5) is 19.7. The number of fused-ring (bicyclic) bond motifs is 1. The maximum absolute atomic E-state index is 12.5. The molecule has 0 bridgehead atoms. The average molecular weight is 311 g/mol. The number of hydrogen-bond acceptors (Lipinski definition) is 4. The maximum atomic E-state index is 12.5. The van der Waals surface area contributed by atoms with Crippen LogP contribution < -0.4 is 5.32 Å². The van der Waals surface area contributed by atoms with Crippen molar-refractivity contribution in [3.05, 3.63) is 48.0 Å². The second-order valence-corrected chi connectivity index (χ2v) is 5.97. The summed E-state index contributed by atoms with van der Waals surface area (Å²) in [5.41, 5.74) is 2.27. The van der Waals surface area contributed by atoms with Crippen LogP contribution in [0.2, 0.25) is 0 Å². The minimum Gasteiger partial charge on any atom is -0.391 e. The number of pyridine rings is 1. The first-order valence-electron chi connectivity index (χ1n) is 7.55. The second kappa shape index (κ2) is 5.20. The van der Waals surface area contributed by atoms with Gasteiger partial charge < -0.3 is 15.4 Å². The van der Waals surface area contributed by atoms with Crippen molar-refractivity contribution in [3.63, 3.8) is 0 Å². The highest BCUT2D eigenvalue weighted by atomic mass is 16.3. The molecule has 0 aliphatic heterocycles. The van der Waals surface area contributed by atoms with Crippen molar-refractivity contribution in [1.29, 1.82) is 0 Å². The van der Waals surface area contributed by atoms with Crippen LogP contribution in [0.25, 0.3) is 11.0 Å². The third kappa shape index (κ3) is 2.29. The quantitative estimate of drug-likeness (QED) is 0.676. The monoisotopic (exact) mass is 311 g/mol. The van der Waals surface area contributed by atoms with Crippen molar-refractivity contribution in [1.82, 2.24) is 25.1 Å². The predicted molar refractivity (Wildman–Crippen MR) is 84.0 cm³/mol. The number of aromatic nitrogens is 4. The molecule has 1 aliphatic rings. The van der Waals surface area contributed by atoms with Gasteiger partial charge in [0.05, 0.1) is 29.9 Å². The normalized spacial score (nSPS) is 23.7. The van der Waals surface area contributed by atoms with Gasteiger partial charge in [0.1, 0.15) is 5.65 Å². The lowest BCUT2D eigenvalue weighted by molar-refractivity contribution is -0.00587. The second-order valence-electron chi connectivity index (χ2n) is 5.97. The molecule has 7 heteroatoms. The summed E-state index contributed by atoms with van der Waals surface area (Å²) in [6.07, 6.45) is 6.99. The third-order valence-corrected chi connectivity index (χ3v) is 4.35. The van der Waals surface area contributed by atoms with Crippen LogP contribution in [0.5, 0.6) is 0 Å². The zero-order chi connectivity index (χ0) is 16.0. The molecule has 3 N–H and O–H groups in total. The summed E-state index contributed by atoms with van der Waals surface area (Å²) >= 11 is 0. The number of rotatable bonds is 3. The topological polar surface area (TPSA) is 95.8 Å². The van der Waals surface area contributed by atoms with Crippen molar-refractivity contribution in [3.8, 4) is 0 Å². The number of aliphatic hydroxyl groups is 1. The average Bonchev–Trinajstić information content (AvgIpc) is 3.13. The first-order valence-corrected chi connectivity index (χ1v) is 7.55. The molecule has 3 atom stereocenters. The van der Waals surface area contributed by atoms with Crippen LogP contribution >= 0.6 is 0 Å². The molecular formula is C16H17N5O2. The molecule has 23 heavy (non-hydrogen) atoms. The third-order valence-electron chi connectivity index (χ3n) is 4.35. The molecule has 118 valence electrons. The Morgan fingerprint density at radius 2 is 2.39 bits per heavy atom. The fourth-order valence-corrected chi connectivity index (χ4v) is 3.10. The molecular weight excluding hydrogens is 294 g/mol.